The van der Waals surface area contributed by atoms with Crippen LogP contribution >= 0.6 is 11.8 Å². The third-order valence-electron chi connectivity index (χ3n) is 5.41. The summed E-state index contributed by atoms with van der Waals surface area (Å²) in [4.78, 5) is 39.5. The molecule has 33 heavy (non-hydrogen) atoms. The summed E-state index contributed by atoms with van der Waals surface area (Å²) in [5, 5.41) is 2.71. The number of sulfonamides is 1. The number of amides is 2. The molecule has 0 aliphatic carbocycles. The average Bonchev–Trinajstić information content (AvgIpc) is 2.83. The van der Waals surface area contributed by atoms with Crippen LogP contribution < -0.4 is 5.32 Å². The number of piperazine rings is 1. The van der Waals surface area contributed by atoms with Crippen molar-refractivity contribution in [2.45, 2.75) is 22.8 Å². The van der Waals surface area contributed by atoms with Crippen LogP contribution in [0.4, 0.5) is 5.69 Å². The van der Waals surface area contributed by atoms with Gasteiger partial charge in [0.15, 0.2) is 6.10 Å². The molecule has 0 spiro atoms. The molecule has 1 saturated heterocycles. The molecule has 1 N–H and O–H groups in total. The van der Waals surface area contributed by atoms with Gasteiger partial charge in [0.25, 0.3) is 5.91 Å². The van der Waals surface area contributed by atoms with Gasteiger partial charge in [0, 0.05) is 31.1 Å². The molecule has 0 aromatic heterocycles. The van der Waals surface area contributed by atoms with Crippen LogP contribution in [0.25, 0.3) is 0 Å². The monoisotopic (exact) mass is 489 g/mol. The van der Waals surface area contributed by atoms with Gasteiger partial charge in [-0.3, -0.25) is 9.59 Å². The van der Waals surface area contributed by atoms with Crippen LogP contribution in [0.3, 0.4) is 0 Å². The average molecular weight is 490 g/mol. The molecule has 2 aromatic carbocycles. The quantitative estimate of drug-likeness (QED) is 0.638. The van der Waals surface area contributed by atoms with Crippen molar-refractivity contribution in [1.82, 2.24) is 9.21 Å². The lowest BCUT2D eigenvalue weighted by atomic mass is 10.2. The van der Waals surface area contributed by atoms with Crippen molar-refractivity contribution >= 4 is 45.3 Å². The molecule has 11 heteroatoms. The molecule has 2 heterocycles. The van der Waals surface area contributed by atoms with Crippen LogP contribution in [0, 0.1) is 0 Å². The number of hydrogen-bond donors (Lipinski definition) is 1. The summed E-state index contributed by atoms with van der Waals surface area (Å²) in [6.45, 7) is 2.21. The number of benzene rings is 2. The largest absolute Gasteiger partial charge is 0.449 e. The van der Waals surface area contributed by atoms with E-state index >= 15 is 0 Å². The van der Waals surface area contributed by atoms with Crippen molar-refractivity contribution in [2.75, 3.05) is 37.2 Å². The van der Waals surface area contributed by atoms with Gasteiger partial charge in [0.1, 0.15) is 0 Å². The van der Waals surface area contributed by atoms with Gasteiger partial charge in [-0.05, 0) is 37.3 Å². The number of thioether (sulfide) groups is 1. The Hall–Kier alpha value is -2.89. The Kier molecular flexibility index (Phi) is 6.73. The maximum atomic E-state index is 12.8. The third-order valence-corrected chi connectivity index (χ3v) is 8.40. The molecule has 4 rings (SSSR count). The van der Waals surface area contributed by atoms with Gasteiger partial charge in [-0.15, -0.1) is 11.8 Å². The lowest BCUT2D eigenvalue weighted by Crippen LogP contribution is -2.52. The summed E-state index contributed by atoms with van der Waals surface area (Å²) in [5.74, 6) is -0.881. The van der Waals surface area contributed by atoms with E-state index in [4.69, 9.17) is 4.74 Å². The Labute approximate surface area is 196 Å². The predicted octanol–water partition coefficient (Wildman–Crippen LogP) is 1.81. The van der Waals surface area contributed by atoms with Gasteiger partial charge >= 0.3 is 5.97 Å². The minimum absolute atomic E-state index is 0.144. The van der Waals surface area contributed by atoms with E-state index in [0.29, 0.717) is 11.4 Å². The highest BCUT2D eigenvalue weighted by Gasteiger charge is 2.32. The Morgan fingerprint density at radius 1 is 1.06 bits per heavy atom. The number of ether oxygens (including phenoxy) is 1. The summed E-state index contributed by atoms with van der Waals surface area (Å²) in [6.07, 6.45) is -1.03. The second-order valence-electron chi connectivity index (χ2n) is 7.64. The zero-order chi connectivity index (χ0) is 23.6. The highest BCUT2D eigenvalue weighted by atomic mass is 32.2. The number of nitrogens with zero attached hydrogens (tertiary/aromatic N) is 2. The molecule has 2 amide bonds. The normalized spacial score (nSPS) is 17.6. The SMILES string of the molecule is C[C@@H](OC(=O)c1ccc2c(c1)NC(=O)CS2)C(=O)N1CCN(S(=O)(=O)c2ccccc2)CC1. The van der Waals surface area contributed by atoms with Crippen LogP contribution in [0.5, 0.6) is 0 Å². The van der Waals surface area contributed by atoms with Crippen LogP contribution in [-0.2, 0) is 24.3 Å². The number of carbonyl (C=O) groups excluding carboxylic acids is 3. The summed E-state index contributed by atoms with van der Waals surface area (Å²) in [6, 6.07) is 13.0. The molecule has 1 fully saturated rings. The van der Waals surface area contributed by atoms with Gasteiger partial charge in [-0.25, -0.2) is 13.2 Å². The zero-order valence-electron chi connectivity index (χ0n) is 17.9. The van der Waals surface area contributed by atoms with Crippen molar-refractivity contribution in [3.8, 4) is 0 Å². The van der Waals surface area contributed by atoms with E-state index in [9.17, 15) is 22.8 Å². The molecule has 0 saturated carbocycles. The minimum Gasteiger partial charge on any atom is -0.449 e. The first kappa shape index (κ1) is 23.3. The van der Waals surface area contributed by atoms with Crippen molar-refractivity contribution in [1.29, 1.82) is 0 Å². The summed E-state index contributed by atoms with van der Waals surface area (Å²) in [7, 11) is -3.62. The van der Waals surface area contributed by atoms with Gasteiger partial charge in [0.05, 0.1) is 21.9 Å². The van der Waals surface area contributed by atoms with Crippen LogP contribution in [0.1, 0.15) is 17.3 Å². The summed E-state index contributed by atoms with van der Waals surface area (Å²) < 4.78 is 32.2. The molecule has 2 aliphatic heterocycles. The van der Waals surface area contributed by atoms with E-state index in [1.54, 1.807) is 42.5 Å². The van der Waals surface area contributed by atoms with Gasteiger partial charge in [-0.1, -0.05) is 18.2 Å². The fourth-order valence-electron chi connectivity index (χ4n) is 3.64. The second kappa shape index (κ2) is 9.54. The third kappa shape index (κ3) is 5.05. The number of rotatable bonds is 5. The van der Waals surface area contributed by atoms with Crippen molar-refractivity contribution in [2.24, 2.45) is 0 Å². The minimum atomic E-state index is -3.62. The number of hydrogen-bond acceptors (Lipinski definition) is 7. The Morgan fingerprint density at radius 3 is 2.45 bits per heavy atom. The molecule has 0 unspecified atom stereocenters. The van der Waals surface area contributed by atoms with E-state index in [0.717, 1.165) is 4.90 Å². The van der Waals surface area contributed by atoms with E-state index in [1.165, 1.54) is 34.0 Å². The van der Waals surface area contributed by atoms with Gasteiger partial charge in [0.2, 0.25) is 15.9 Å². The topological polar surface area (TPSA) is 113 Å². The molecule has 0 radical (unpaired) electrons. The van der Waals surface area contributed by atoms with Crippen LogP contribution in [0.2, 0.25) is 0 Å². The van der Waals surface area contributed by atoms with Gasteiger partial charge in [-0.2, -0.15) is 4.31 Å². The number of anilines is 1. The van der Waals surface area contributed by atoms with Crippen molar-refractivity contribution in [3.63, 3.8) is 0 Å². The molecule has 1 atom stereocenters. The first-order valence-corrected chi connectivity index (χ1v) is 12.8. The molecule has 9 nitrogen and oxygen atoms in total. The number of esters is 1. The fraction of sp³-hybridized carbons (Fsp3) is 0.318. The maximum absolute atomic E-state index is 12.8. The molecular formula is C22H23N3O6S2. The maximum Gasteiger partial charge on any atom is 0.338 e. The van der Waals surface area contributed by atoms with Crippen LogP contribution in [-0.4, -0.2) is 73.4 Å². The van der Waals surface area contributed by atoms with E-state index in [-0.39, 0.29) is 48.5 Å². The Balaban J connectivity index is 1.34. The first-order chi connectivity index (χ1) is 15.8. The van der Waals surface area contributed by atoms with E-state index in [1.807, 2.05) is 0 Å². The van der Waals surface area contributed by atoms with Crippen molar-refractivity contribution in [3.05, 3.63) is 54.1 Å². The lowest BCUT2D eigenvalue weighted by molar-refractivity contribution is -0.141. The van der Waals surface area contributed by atoms with E-state index in [2.05, 4.69) is 5.32 Å². The highest BCUT2D eigenvalue weighted by molar-refractivity contribution is 8.00. The molecule has 2 aromatic rings. The molecule has 174 valence electrons. The van der Waals surface area contributed by atoms with Gasteiger partial charge < -0.3 is 15.0 Å². The standard InChI is InChI=1S/C22H23N3O6S2/c1-15(31-22(28)16-7-8-19-18(13-16)23-20(26)14-32-19)21(27)24-9-11-25(12-10-24)33(29,30)17-5-3-2-4-6-17/h2-8,13,15H,9-12,14H2,1H3,(H,23,26)/t15-/m1/s1. The van der Waals surface area contributed by atoms with E-state index < -0.39 is 22.1 Å². The summed E-state index contributed by atoms with van der Waals surface area (Å²) in [5.41, 5.74) is 0.774. The second-order valence-corrected chi connectivity index (χ2v) is 10.6. The number of nitrogens with one attached hydrogen (secondary N) is 1. The molecule has 0 bridgehead atoms. The molecular weight excluding hydrogens is 466 g/mol. The molecule has 2 aliphatic rings. The highest BCUT2D eigenvalue weighted by Crippen LogP contribution is 2.32. The number of fused-ring (bicyclic) bond motifs is 1. The number of carbonyl (C=O) groups is 3. The smallest absolute Gasteiger partial charge is 0.338 e. The zero-order valence-corrected chi connectivity index (χ0v) is 19.5. The summed E-state index contributed by atoms with van der Waals surface area (Å²) >= 11 is 1.38. The van der Waals surface area contributed by atoms with Crippen molar-refractivity contribution < 1.29 is 27.5 Å². The van der Waals surface area contributed by atoms with Crippen LogP contribution in [0.15, 0.2) is 58.3 Å². The fourth-order valence-corrected chi connectivity index (χ4v) is 5.87. The Morgan fingerprint density at radius 2 is 1.76 bits per heavy atom. The predicted molar refractivity (Wildman–Crippen MR) is 122 cm³/mol. The lowest BCUT2D eigenvalue weighted by Gasteiger charge is -2.35. The first-order valence-electron chi connectivity index (χ1n) is 10.4. The Bertz CT molecular complexity index is 1180.